The molecule has 74 valence electrons. The molecule has 0 aromatic rings. The molecule has 2 nitrogen and oxygen atoms in total. The van der Waals surface area contributed by atoms with Crippen LogP contribution in [0.2, 0.25) is 0 Å². The van der Waals surface area contributed by atoms with E-state index in [1.165, 1.54) is 0 Å². The SMILES string of the molecule is COCC(F)(OCF)C(F)(F)F. The Balaban J connectivity index is 4.38. The molecular formula is C5H7F5O2. The van der Waals surface area contributed by atoms with Crippen molar-refractivity contribution in [2.24, 2.45) is 0 Å². The van der Waals surface area contributed by atoms with Gasteiger partial charge in [-0.15, -0.1) is 0 Å². The normalized spacial score (nSPS) is 17.5. The van der Waals surface area contributed by atoms with Crippen molar-refractivity contribution in [3.05, 3.63) is 0 Å². The molecule has 0 aliphatic heterocycles. The molecule has 0 aromatic heterocycles. The summed E-state index contributed by atoms with van der Waals surface area (Å²) in [5.74, 6) is -4.06. The van der Waals surface area contributed by atoms with Crippen LogP contribution in [0.1, 0.15) is 0 Å². The summed E-state index contributed by atoms with van der Waals surface area (Å²) in [6, 6.07) is 0. The Morgan fingerprint density at radius 2 is 1.67 bits per heavy atom. The number of methoxy groups -OCH3 is 1. The first-order valence-electron chi connectivity index (χ1n) is 2.82. The maximum absolute atomic E-state index is 12.6. The van der Waals surface area contributed by atoms with Crippen molar-refractivity contribution in [2.45, 2.75) is 12.0 Å². The number of hydrogen-bond donors (Lipinski definition) is 0. The van der Waals surface area contributed by atoms with Crippen molar-refractivity contribution in [1.82, 2.24) is 0 Å². The zero-order chi connectivity index (χ0) is 9.83. The minimum absolute atomic E-state index is 0.849. The van der Waals surface area contributed by atoms with Gasteiger partial charge in [-0.1, -0.05) is 0 Å². The van der Waals surface area contributed by atoms with Gasteiger partial charge >= 0.3 is 12.0 Å². The van der Waals surface area contributed by atoms with Crippen LogP contribution in [-0.2, 0) is 9.47 Å². The lowest BCUT2D eigenvalue weighted by molar-refractivity contribution is -0.352. The largest absolute Gasteiger partial charge is 0.450 e. The Hall–Kier alpha value is -0.430. The molecule has 1 atom stereocenters. The van der Waals surface area contributed by atoms with Crippen LogP contribution in [-0.4, -0.2) is 32.6 Å². The third-order valence-electron chi connectivity index (χ3n) is 1.04. The fourth-order valence-electron chi connectivity index (χ4n) is 0.477. The predicted molar refractivity (Wildman–Crippen MR) is 28.8 cm³/mol. The maximum atomic E-state index is 12.6. The summed E-state index contributed by atoms with van der Waals surface area (Å²) in [5, 5.41) is 0. The molecule has 0 bridgehead atoms. The van der Waals surface area contributed by atoms with Crippen LogP contribution in [0.5, 0.6) is 0 Å². The zero-order valence-electron chi connectivity index (χ0n) is 6.12. The summed E-state index contributed by atoms with van der Waals surface area (Å²) in [4.78, 5) is 0. The Labute approximate surface area is 65.3 Å². The maximum Gasteiger partial charge on any atom is 0.450 e. The van der Waals surface area contributed by atoms with Gasteiger partial charge in [0.1, 0.15) is 6.61 Å². The van der Waals surface area contributed by atoms with Gasteiger partial charge in [-0.3, -0.25) is 0 Å². The van der Waals surface area contributed by atoms with Crippen molar-refractivity contribution in [3.8, 4) is 0 Å². The van der Waals surface area contributed by atoms with Crippen LogP contribution < -0.4 is 0 Å². The van der Waals surface area contributed by atoms with E-state index in [9.17, 15) is 22.0 Å². The fourth-order valence-corrected chi connectivity index (χ4v) is 0.477. The molecule has 1 unspecified atom stereocenters. The monoisotopic (exact) mass is 194 g/mol. The third-order valence-corrected chi connectivity index (χ3v) is 1.04. The van der Waals surface area contributed by atoms with E-state index in [1.54, 1.807) is 0 Å². The molecule has 0 spiro atoms. The lowest BCUT2D eigenvalue weighted by Crippen LogP contribution is -2.47. The first kappa shape index (κ1) is 11.6. The molecule has 0 aliphatic carbocycles. The number of rotatable bonds is 4. The van der Waals surface area contributed by atoms with Crippen LogP contribution in [0.4, 0.5) is 22.0 Å². The number of ether oxygens (including phenoxy) is 2. The molecule has 0 fully saturated rings. The van der Waals surface area contributed by atoms with Gasteiger partial charge in [-0.05, 0) is 0 Å². The molecule has 0 aliphatic rings. The summed E-state index contributed by atoms with van der Waals surface area (Å²) in [6.45, 7) is -3.25. The van der Waals surface area contributed by atoms with Crippen LogP contribution in [0.3, 0.4) is 0 Å². The van der Waals surface area contributed by atoms with E-state index in [0.29, 0.717) is 0 Å². The smallest absolute Gasteiger partial charge is 0.378 e. The number of hydrogen-bond acceptors (Lipinski definition) is 2. The average molecular weight is 194 g/mol. The summed E-state index contributed by atoms with van der Waals surface area (Å²) in [6.07, 6.45) is -5.30. The Kier molecular flexibility index (Phi) is 3.85. The van der Waals surface area contributed by atoms with E-state index in [-0.39, 0.29) is 0 Å². The van der Waals surface area contributed by atoms with Crippen LogP contribution in [0, 0.1) is 0 Å². The quantitative estimate of drug-likeness (QED) is 0.635. The minimum Gasteiger partial charge on any atom is -0.378 e. The van der Waals surface area contributed by atoms with Crippen LogP contribution in [0.15, 0.2) is 0 Å². The molecule has 0 saturated heterocycles. The second-order valence-electron chi connectivity index (χ2n) is 1.91. The Bertz CT molecular complexity index is 128. The molecule has 12 heavy (non-hydrogen) atoms. The molecule has 0 radical (unpaired) electrons. The average Bonchev–Trinajstić information content (AvgIpc) is 1.86. The van der Waals surface area contributed by atoms with E-state index in [2.05, 4.69) is 9.47 Å². The van der Waals surface area contributed by atoms with Crippen LogP contribution >= 0.6 is 0 Å². The summed E-state index contributed by atoms with van der Waals surface area (Å²) in [5.41, 5.74) is 0. The van der Waals surface area contributed by atoms with Crippen molar-refractivity contribution in [3.63, 3.8) is 0 Å². The Morgan fingerprint density at radius 1 is 1.17 bits per heavy atom. The first-order valence-corrected chi connectivity index (χ1v) is 2.82. The minimum atomic E-state index is -5.30. The van der Waals surface area contributed by atoms with Crippen molar-refractivity contribution < 1.29 is 31.4 Å². The fraction of sp³-hybridized carbons (Fsp3) is 1.00. The highest BCUT2D eigenvalue weighted by Gasteiger charge is 2.58. The summed E-state index contributed by atoms with van der Waals surface area (Å²) >= 11 is 0. The number of alkyl halides is 5. The van der Waals surface area contributed by atoms with E-state index >= 15 is 0 Å². The lowest BCUT2D eigenvalue weighted by Gasteiger charge is -2.25. The van der Waals surface area contributed by atoms with Gasteiger partial charge in [0.05, 0.1) is 0 Å². The number of halogens is 5. The molecule has 0 amide bonds. The van der Waals surface area contributed by atoms with Crippen LogP contribution in [0.25, 0.3) is 0 Å². The molecule has 0 heterocycles. The first-order chi connectivity index (χ1) is 5.37. The summed E-state index contributed by atoms with van der Waals surface area (Å²) in [7, 11) is 0.849. The highest BCUT2D eigenvalue weighted by atomic mass is 19.4. The van der Waals surface area contributed by atoms with E-state index in [0.717, 1.165) is 7.11 Å². The van der Waals surface area contributed by atoms with Gasteiger partial charge in [0.25, 0.3) is 0 Å². The topological polar surface area (TPSA) is 18.5 Å². The van der Waals surface area contributed by atoms with Gasteiger partial charge in [-0.2, -0.15) is 17.6 Å². The third kappa shape index (κ3) is 2.56. The van der Waals surface area contributed by atoms with Gasteiger partial charge in [0.2, 0.25) is 0 Å². The second kappa shape index (κ2) is 3.99. The Morgan fingerprint density at radius 3 is 1.92 bits per heavy atom. The molecule has 0 rings (SSSR count). The summed E-state index contributed by atoms with van der Waals surface area (Å²) < 4.78 is 66.3. The van der Waals surface area contributed by atoms with Gasteiger partial charge < -0.3 is 9.47 Å². The highest BCUT2D eigenvalue weighted by Crippen LogP contribution is 2.35. The second-order valence-corrected chi connectivity index (χ2v) is 1.91. The molecule has 0 N–H and O–H groups in total. The van der Waals surface area contributed by atoms with Gasteiger partial charge in [0, 0.05) is 7.11 Å². The molecular weight excluding hydrogens is 187 g/mol. The highest BCUT2D eigenvalue weighted by molar-refractivity contribution is 4.76. The lowest BCUT2D eigenvalue weighted by atomic mass is 10.3. The molecule has 7 heteroatoms. The van der Waals surface area contributed by atoms with Crippen molar-refractivity contribution >= 4 is 0 Å². The van der Waals surface area contributed by atoms with Gasteiger partial charge in [0.15, 0.2) is 6.86 Å². The van der Waals surface area contributed by atoms with Crippen molar-refractivity contribution in [2.75, 3.05) is 20.6 Å². The zero-order valence-corrected chi connectivity index (χ0v) is 6.12. The standard InChI is InChI=1S/C5H7F5O2/c1-11-2-4(7,12-3-6)5(8,9)10/h2-3H2,1H3. The van der Waals surface area contributed by atoms with E-state index < -0.39 is 25.5 Å². The van der Waals surface area contributed by atoms with E-state index in [1.807, 2.05) is 0 Å². The predicted octanol–water partition coefficient (Wildman–Crippen LogP) is 1.80. The molecule has 0 aromatic carbocycles. The van der Waals surface area contributed by atoms with Crippen molar-refractivity contribution in [1.29, 1.82) is 0 Å². The van der Waals surface area contributed by atoms with E-state index in [4.69, 9.17) is 0 Å². The van der Waals surface area contributed by atoms with Gasteiger partial charge in [-0.25, -0.2) is 4.39 Å². The molecule has 0 saturated carbocycles.